The SMILES string of the molecule is CCOc1ccc([C@@H]2C(=C(O)c3ccc(OC)c(F)c3)C(=O)C(=O)N2Cc2ccco2)cc1. The number of carbonyl (C=O) groups excluding carboxylic acids is 2. The number of carbonyl (C=O) groups is 2. The lowest BCUT2D eigenvalue weighted by Gasteiger charge is -2.24. The van der Waals surface area contributed by atoms with Crippen LogP contribution in [0.1, 0.15) is 29.9 Å². The van der Waals surface area contributed by atoms with Crippen molar-refractivity contribution in [1.82, 2.24) is 4.90 Å². The number of ketones is 1. The first-order valence-electron chi connectivity index (χ1n) is 10.3. The first-order valence-corrected chi connectivity index (χ1v) is 10.3. The molecule has 0 unspecified atom stereocenters. The number of methoxy groups -OCH3 is 1. The van der Waals surface area contributed by atoms with E-state index in [9.17, 15) is 19.1 Å². The summed E-state index contributed by atoms with van der Waals surface area (Å²) in [7, 11) is 1.32. The summed E-state index contributed by atoms with van der Waals surface area (Å²) in [6.45, 7) is 2.36. The van der Waals surface area contributed by atoms with Gasteiger partial charge in [0.25, 0.3) is 11.7 Å². The van der Waals surface area contributed by atoms with Gasteiger partial charge >= 0.3 is 0 Å². The molecule has 1 aliphatic heterocycles. The Morgan fingerprint density at radius 2 is 1.91 bits per heavy atom. The van der Waals surface area contributed by atoms with Gasteiger partial charge in [-0.05, 0) is 55.0 Å². The Labute approximate surface area is 189 Å². The summed E-state index contributed by atoms with van der Waals surface area (Å²) in [6, 6.07) is 13.2. The highest BCUT2D eigenvalue weighted by Crippen LogP contribution is 2.41. The fraction of sp³-hybridized carbons (Fsp3) is 0.200. The summed E-state index contributed by atoms with van der Waals surface area (Å²) >= 11 is 0. The zero-order valence-electron chi connectivity index (χ0n) is 18.1. The van der Waals surface area contributed by atoms with Gasteiger partial charge in [0.1, 0.15) is 17.3 Å². The van der Waals surface area contributed by atoms with Gasteiger partial charge in [0.05, 0.1) is 38.1 Å². The van der Waals surface area contributed by atoms with Gasteiger partial charge in [-0.2, -0.15) is 0 Å². The Balaban J connectivity index is 1.83. The molecule has 0 saturated carbocycles. The zero-order chi connectivity index (χ0) is 23.5. The van der Waals surface area contributed by atoms with Crippen LogP contribution in [0.2, 0.25) is 0 Å². The van der Waals surface area contributed by atoms with E-state index in [1.54, 1.807) is 36.4 Å². The third-order valence-electron chi connectivity index (χ3n) is 5.38. The third-order valence-corrected chi connectivity index (χ3v) is 5.38. The summed E-state index contributed by atoms with van der Waals surface area (Å²) in [5.74, 6) is -1.74. The normalized spacial score (nSPS) is 17.4. The molecule has 2 aromatic carbocycles. The number of halogens is 1. The standard InChI is InChI=1S/C25H22FNO6/c1-3-32-17-9-6-15(7-10-17)22-21(23(28)16-8-11-20(31-2)19(26)13-16)24(29)25(30)27(22)14-18-5-4-12-33-18/h4-13,22,28H,3,14H2,1-2H3/t22-/m1/s1. The number of Topliss-reactive ketones (excluding diaryl/α,β-unsaturated/α-hetero) is 1. The van der Waals surface area contributed by atoms with Gasteiger partial charge in [0.2, 0.25) is 0 Å². The molecule has 33 heavy (non-hydrogen) atoms. The van der Waals surface area contributed by atoms with E-state index in [1.165, 1.54) is 30.4 Å². The van der Waals surface area contributed by atoms with E-state index >= 15 is 0 Å². The molecule has 1 atom stereocenters. The maximum Gasteiger partial charge on any atom is 0.296 e. The highest BCUT2D eigenvalue weighted by Gasteiger charge is 2.46. The zero-order valence-corrected chi connectivity index (χ0v) is 18.1. The summed E-state index contributed by atoms with van der Waals surface area (Å²) in [4.78, 5) is 27.3. The second-order valence-electron chi connectivity index (χ2n) is 7.36. The average molecular weight is 451 g/mol. The molecule has 2 heterocycles. The van der Waals surface area contributed by atoms with Gasteiger partial charge < -0.3 is 23.9 Å². The van der Waals surface area contributed by atoms with Crippen LogP contribution >= 0.6 is 0 Å². The van der Waals surface area contributed by atoms with Gasteiger partial charge in [-0.3, -0.25) is 9.59 Å². The quantitative estimate of drug-likeness (QED) is 0.324. The fourth-order valence-electron chi connectivity index (χ4n) is 3.84. The molecule has 7 nitrogen and oxygen atoms in total. The smallest absolute Gasteiger partial charge is 0.296 e. The molecule has 0 radical (unpaired) electrons. The van der Waals surface area contributed by atoms with E-state index in [0.29, 0.717) is 23.7 Å². The minimum Gasteiger partial charge on any atom is -0.507 e. The van der Waals surface area contributed by atoms with E-state index in [0.717, 1.165) is 6.07 Å². The van der Waals surface area contributed by atoms with Gasteiger partial charge in [0.15, 0.2) is 11.6 Å². The predicted molar refractivity (Wildman–Crippen MR) is 117 cm³/mol. The van der Waals surface area contributed by atoms with Crippen molar-refractivity contribution in [3.8, 4) is 11.5 Å². The van der Waals surface area contributed by atoms with Crippen LogP contribution in [0.25, 0.3) is 5.76 Å². The monoisotopic (exact) mass is 451 g/mol. The third kappa shape index (κ3) is 4.19. The van der Waals surface area contributed by atoms with Gasteiger partial charge in [-0.1, -0.05) is 12.1 Å². The molecule has 1 saturated heterocycles. The number of aliphatic hydroxyl groups excluding tert-OH is 1. The number of likely N-dealkylation sites (tertiary alicyclic amines) is 1. The second-order valence-corrected chi connectivity index (χ2v) is 7.36. The lowest BCUT2D eigenvalue weighted by atomic mass is 9.95. The van der Waals surface area contributed by atoms with Gasteiger partial charge in [0, 0.05) is 5.56 Å². The molecular weight excluding hydrogens is 429 g/mol. The van der Waals surface area contributed by atoms with E-state index in [-0.39, 0.29) is 23.4 Å². The molecule has 0 spiro atoms. The number of nitrogens with zero attached hydrogens (tertiary/aromatic N) is 1. The molecule has 170 valence electrons. The maximum atomic E-state index is 14.3. The number of ether oxygens (including phenoxy) is 2. The van der Waals surface area contributed by atoms with Crippen LogP contribution in [0.15, 0.2) is 70.9 Å². The average Bonchev–Trinajstić information content (AvgIpc) is 3.42. The van der Waals surface area contributed by atoms with Crippen LogP contribution < -0.4 is 9.47 Å². The van der Waals surface area contributed by atoms with Crippen LogP contribution in [-0.4, -0.2) is 35.4 Å². The number of hydrogen-bond donors (Lipinski definition) is 1. The molecule has 1 aromatic heterocycles. The number of hydrogen-bond acceptors (Lipinski definition) is 6. The van der Waals surface area contributed by atoms with Crippen molar-refractivity contribution in [2.45, 2.75) is 19.5 Å². The van der Waals surface area contributed by atoms with Crippen LogP contribution in [0.3, 0.4) is 0 Å². The first-order chi connectivity index (χ1) is 15.9. The van der Waals surface area contributed by atoms with Crippen molar-refractivity contribution in [2.24, 2.45) is 0 Å². The van der Waals surface area contributed by atoms with E-state index in [2.05, 4.69) is 0 Å². The molecule has 1 amide bonds. The Kier molecular flexibility index (Phi) is 6.17. The minimum absolute atomic E-state index is 0.00659. The molecule has 4 rings (SSSR count). The van der Waals surface area contributed by atoms with E-state index in [1.807, 2.05) is 6.92 Å². The Morgan fingerprint density at radius 1 is 1.15 bits per heavy atom. The molecule has 3 aromatic rings. The lowest BCUT2D eigenvalue weighted by molar-refractivity contribution is -0.140. The van der Waals surface area contributed by atoms with Crippen LogP contribution in [0.5, 0.6) is 11.5 Å². The lowest BCUT2D eigenvalue weighted by Crippen LogP contribution is -2.29. The van der Waals surface area contributed by atoms with Gasteiger partial charge in [-0.15, -0.1) is 0 Å². The summed E-state index contributed by atoms with van der Waals surface area (Å²) in [5, 5.41) is 11.0. The van der Waals surface area contributed by atoms with Crippen molar-refractivity contribution >= 4 is 17.4 Å². The molecule has 0 bridgehead atoms. The Morgan fingerprint density at radius 3 is 2.52 bits per heavy atom. The number of furan rings is 1. The van der Waals surface area contributed by atoms with Crippen LogP contribution in [0.4, 0.5) is 4.39 Å². The highest BCUT2D eigenvalue weighted by molar-refractivity contribution is 6.46. The minimum atomic E-state index is -0.907. The number of aliphatic hydroxyl groups is 1. The van der Waals surface area contributed by atoms with Crippen LogP contribution in [0, 0.1) is 5.82 Å². The van der Waals surface area contributed by atoms with Crippen molar-refractivity contribution < 1.29 is 33.0 Å². The molecular formula is C25H22FNO6. The topological polar surface area (TPSA) is 89.2 Å². The predicted octanol–water partition coefficient (Wildman–Crippen LogP) is 4.45. The highest BCUT2D eigenvalue weighted by atomic mass is 19.1. The summed E-state index contributed by atoms with van der Waals surface area (Å²) in [5.41, 5.74) is 0.500. The summed E-state index contributed by atoms with van der Waals surface area (Å²) < 4.78 is 30.1. The Bertz CT molecular complexity index is 1200. The molecule has 8 heteroatoms. The molecule has 1 aliphatic rings. The Hall–Kier alpha value is -4.07. The van der Waals surface area contributed by atoms with Crippen molar-refractivity contribution in [1.29, 1.82) is 0 Å². The van der Waals surface area contributed by atoms with Crippen molar-refractivity contribution in [3.63, 3.8) is 0 Å². The van der Waals surface area contributed by atoms with Crippen molar-refractivity contribution in [3.05, 3.63) is 89.1 Å². The second kappa shape index (κ2) is 9.20. The summed E-state index contributed by atoms with van der Waals surface area (Å²) in [6.07, 6.45) is 1.47. The molecule has 1 fully saturated rings. The number of rotatable bonds is 7. The number of benzene rings is 2. The van der Waals surface area contributed by atoms with E-state index in [4.69, 9.17) is 13.9 Å². The van der Waals surface area contributed by atoms with Gasteiger partial charge in [-0.25, -0.2) is 4.39 Å². The molecule has 1 N–H and O–H groups in total. The first kappa shape index (κ1) is 22.1. The fourth-order valence-corrected chi connectivity index (χ4v) is 3.84. The molecule has 0 aliphatic carbocycles. The van der Waals surface area contributed by atoms with E-state index < -0.39 is 29.3 Å². The largest absolute Gasteiger partial charge is 0.507 e. The van der Waals surface area contributed by atoms with Crippen molar-refractivity contribution in [2.75, 3.05) is 13.7 Å². The number of amides is 1. The van der Waals surface area contributed by atoms with Crippen LogP contribution in [-0.2, 0) is 16.1 Å². The maximum absolute atomic E-state index is 14.3.